The fourth-order valence-electron chi connectivity index (χ4n) is 3.70. The number of nitrogens with one attached hydrogen (secondary N) is 1. The van der Waals surface area contributed by atoms with E-state index in [0.29, 0.717) is 35.1 Å². The quantitative estimate of drug-likeness (QED) is 0.609. The van der Waals surface area contributed by atoms with E-state index in [1.165, 1.54) is 34.6 Å². The van der Waals surface area contributed by atoms with Crippen LogP contribution in [0, 0.1) is 6.92 Å². The molecule has 0 aliphatic carbocycles. The Morgan fingerprint density at radius 1 is 1.00 bits per heavy atom. The molecule has 0 radical (unpaired) electrons. The van der Waals surface area contributed by atoms with Gasteiger partial charge in [-0.3, -0.25) is 9.10 Å². The molecular weight excluding hydrogens is 486 g/mol. The molecule has 2 aromatic carbocycles. The average Bonchev–Trinajstić information content (AvgIpc) is 3.04. The van der Waals surface area contributed by atoms with E-state index in [9.17, 15) is 21.6 Å². The van der Waals surface area contributed by atoms with Gasteiger partial charge in [-0.15, -0.1) is 0 Å². The number of sulfonamides is 2. The van der Waals surface area contributed by atoms with Gasteiger partial charge < -0.3 is 5.32 Å². The van der Waals surface area contributed by atoms with Crippen molar-refractivity contribution in [1.82, 2.24) is 4.31 Å². The molecule has 11 heteroatoms. The van der Waals surface area contributed by atoms with Gasteiger partial charge >= 0.3 is 0 Å². The smallest absolute Gasteiger partial charge is 0.245 e. The van der Waals surface area contributed by atoms with Crippen molar-refractivity contribution in [3.63, 3.8) is 0 Å². The first-order valence-electron chi connectivity index (χ1n) is 10.6. The number of carbonyl (C=O) groups excluding carboxylic acids is 1. The maximum Gasteiger partial charge on any atom is 0.245 e. The number of benzene rings is 2. The Morgan fingerprint density at radius 2 is 1.61 bits per heavy atom. The van der Waals surface area contributed by atoms with Crippen LogP contribution >= 0.6 is 11.6 Å². The van der Waals surface area contributed by atoms with Gasteiger partial charge in [-0.25, -0.2) is 16.8 Å². The Hall–Kier alpha value is -2.14. The monoisotopic (exact) mass is 513 g/mol. The second-order valence-electron chi connectivity index (χ2n) is 8.09. The Kier molecular flexibility index (Phi) is 8.04. The highest BCUT2D eigenvalue weighted by Gasteiger charge is 2.26. The summed E-state index contributed by atoms with van der Waals surface area (Å²) < 4.78 is 53.0. The predicted octanol–water partition coefficient (Wildman–Crippen LogP) is 3.62. The molecule has 0 atom stereocenters. The maximum absolute atomic E-state index is 12.9. The molecule has 1 fully saturated rings. The van der Waals surface area contributed by atoms with Crippen molar-refractivity contribution >= 4 is 48.9 Å². The number of rotatable bonds is 7. The summed E-state index contributed by atoms with van der Waals surface area (Å²) in [4.78, 5) is 12.8. The van der Waals surface area contributed by atoms with Gasteiger partial charge in [0.2, 0.25) is 26.0 Å². The summed E-state index contributed by atoms with van der Waals surface area (Å²) in [5, 5.41) is 2.98. The third kappa shape index (κ3) is 6.47. The normalized spacial score (nSPS) is 15.6. The van der Waals surface area contributed by atoms with Crippen molar-refractivity contribution in [3.8, 4) is 0 Å². The summed E-state index contributed by atoms with van der Waals surface area (Å²) in [6.45, 7) is 2.29. The van der Waals surface area contributed by atoms with Crippen molar-refractivity contribution in [2.24, 2.45) is 0 Å². The summed E-state index contributed by atoms with van der Waals surface area (Å²) in [5.74, 6) is -0.567. The summed E-state index contributed by atoms with van der Waals surface area (Å²) in [6, 6.07) is 10.7. The van der Waals surface area contributed by atoms with Crippen molar-refractivity contribution < 1.29 is 21.6 Å². The molecule has 1 amide bonds. The summed E-state index contributed by atoms with van der Waals surface area (Å²) in [7, 11) is -7.35. The van der Waals surface area contributed by atoms with Gasteiger partial charge in [0.15, 0.2) is 0 Å². The van der Waals surface area contributed by atoms with Gasteiger partial charge in [-0.05, 0) is 61.7 Å². The zero-order valence-corrected chi connectivity index (χ0v) is 21.0. The molecule has 1 heterocycles. The summed E-state index contributed by atoms with van der Waals surface area (Å²) in [5.41, 5.74) is 1.34. The Morgan fingerprint density at radius 3 is 2.18 bits per heavy atom. The Labute approximate surface area is 200 Å². The largest absolute Gasteiger partial charge is 0.325 e. The molecule has 33 heavy (non-hydrogen) atoms. The fraction of sp³-hybridized carbons (Fsp3) is 0.409. The van der Waals surface area contributed by atoms with E-state index in [1.54, 1.807) is 19.1 Å². The molecule has 1 N–H and O–H groups in total. The number of nitrogens with zero attached hydrogens (tertiary/aromatic N) is 2. The van der Waals surface area contributed by atoms with Crippen LogP contribution in [0.4, 0.5) is 11.4 Å². The van der Waals surface area contributed by atoms with Crippen molar-refractivity contribution in [3.05, 3.63) is 53.1 Å². The maximum atomic E-state index is 12.9. The SMILES string of the molecule is Cc1ccc(Cl)cc1N(CC(=O)Nc1ccc(S(=O)(=O)N2CCCCCC2)cc1)S(C)(=O)=O. The van der Waals surface area contributed by atoms with Crippen molar-refractivity contribution in [2.45, 2.75) is 37.5 Å². The molecule has 0 spiro atoms. The molecule has 1 aliphatic rings. The molecule has 1 aliphatic heterocycles. The van der Waals surface area contributed by atoms with Crippen LogP contribution in [0.15, 0.2) is 47.4 Å². The van der Waals surface area contributed by atoms with Gasteiger partial charge in [-0.1, -0.05) is 30.5 Å². The first-order chi connectivity index (χ1) is 15.5. The van der Waals surface area contributed by atoms with E-state index in [1.807, 2.05) is 0 Å². The second-order valence-corrected chi connectivity index (χ2v) is 12.4. The minimum Gasteiger partial charge on any atom is -0.325 e. The fourth-order valence-corrected chi connectivity index (χ4v) is 6.29. The highest BCUT2D eigenvalue weighted by molar-refractivity contribution is 7.92. The molecule has 0 saturated carbocycles. The number of aryl methyl sites for hydroxylation is 1. The Balaban J connectivity index is 1.74. The molecule has 0 bridgehead atoms. The molecule has 8 nitrogen and oxygen atoms in total. The number of hydrogen-bond acceptors (Lipinski definition) is 5. The van der Waals surface area contributed by atoms with Crippen LogP contribution in [0.1, 0.15) is 31.2 Å². The lowest BCUT2D eigenvalue weighted by molar-refractivity contribution is -0.114. The van der Waals surface area contributed by atoms with Crippen LogP contribution in [0.25, 0.3) is 0 Å². The van der Waals surface area contributed by atoms with E-state index in [2.05, 4.69) is 5.32 Å². The number of halogens is 1. The molecule has 180 valence electrons. The lowest BCUT2D eigenvalue weighted by atomic mass is 10.2. The van der Waals surface area contributed by atoms with Gasteiger partial charge in [0.05, 0.1) is 16.8 Å². The van der Waals surface area contributed by atoms with Crippen LogP contribution in [0.3, 0.4) is 0 Å². The topological polar surface area (TPSA) is 104 Å². The van der Waals surface area contributed by atoms with Gasteiger partial charge in [-0.2, -0.15) is 4.31 Å². The van der Waals surface area contributed by atoms with E-state index in [4.69, 9.17) is 11.6 Å². The first kappa shape index (κ1) is 25.5. The van der Waals surface area contributed by atoms with E-state index in [-0.39, 0.29) is 4.90 Å². The lowest BCUT2D eigenvalue weighted by Crippen LogP contribution is -2.37. The second kappa shape index (κ2) is 10.4. The van der Waals surface area contributed by atoms with Crippen LogP contribution in [-0.2, 0) is 24.8 Å². The molecule has 2 aromatic rings. The molecule has 3 rings (SSSR count). The minimum absolute atomic E-state index is 0.162. The number of amides is 1. The Bertz CT molecular complexity index is 1210. The van der Waals surface area contributed by atoms with E-state index in [0.717, 1.165) is 36.2 Å². The third-order valence-electron chi connectivity index (χ3n) is 5.47. The number of anilines is 2. The summed E-state index contributed by atoms with van der Waals surface area (Å²) >= 11 is 6.02. The van der Waals surface area contributed by atoms with Gasteiger partial charge in [0, 0.05) is 23.8 Å². The molecule has 0 aromatic heterocycles. The van der Waals surface area contributed by atoms with Gasteiger partial charge in [0.1, 0.15) is 6.54 Å². The number of carbonyl (C=O) groups is 1. The van der Waals surface area contributed by atoms with Crippen LogP contribution in [0.2, 0.25) is 5.02 Å². The number of hydrogen-bond donors (Lipinski definition) is 1. The standard InChI is InChI=1S/C22H28ClN3O5S2/c1-17-7-8-18(23)15-21(17)26(32(2,28)29)16-22(27)24-19-9-11-20(12-10-19)33(30,31)25-13-5-3-4-6-14-25/h7-12,15H,3-6,13-14,16H2,1-2H3,(H,24,27). The van der Waals surface area contributed by atoms with Crippen LogP contribution < -0.4 is 9.62 Å². The third-order valence-corrected chi connectivity index (χ3v) is 8.74. The predicted molar refractivity (Wildman–Crippen MR) is 131 cm³/mol. The zero-order valence-electron chi connectivity index (χ0n) is 18.6. The molecular formula is C22H28ClN3O5S2. The lowest BCUT2D eigenvalue weighted by Gasteiger charge is -2.24. The van der Waals surface area contributed by atoms with Crippen molar-refractivity contribution in [2.75, 3.05) is 35.5 Å². The molecule has 0 unspecified atom stereocenters. The van der Waals surface area contributed by atoms with Crippen LogP contribution in [-0.4, -0.2) is 52.9 Å². The van der Waals surface area contributed by atoms with E-state index < -0.39 is 32.5 Å². The minimum atomic E-state index is -3.76. The highest BCUT2D eigenvalue weighted by Crippen LogP contribution is 2.26. The summed E-state index contributed by atoms with van der Waals surface area (Å²) in [6.07, 6.45) is 4.75. The molecule has 1 saturated heterocycles. The van der Waals surface area contributed by atoms with Crippen molar-refractivity contribution in [1.29, 1.82) is 0 Å². The zero-order chi connectivity index (χ0) is 24.2. The average molecular weight is 514 g/mol. The van der Waals surface area contributed by atoms with Gasteiger partial charge in [0.25, 0.3) is 0 Å². The van der Waals surface area contributed by atoms with E-state index >= 15 is 0 Å². The van der Waals surface area contributed by atoms with Crippen LogP contribution in [0.5, 0.6) is 0 Å². The first-order valence-corrected chi connectivity index (χ1v) is 14.3. The highest BCUT2D eigenvalue weighted by atomic mass is 35.5.